The van der Waals surface area contributed by atoms with E-state index in [0.29, 0.717) is 11.0 Å². The molecular formula is C14H18BrClN4. The Hall–Kier alpha value is -0.940. The van der Waals surface area contributed by atoms with Crippen molar-refractivity contribution >= 4 is 27.5 Å². The average molecular weight is 358 g/mol. The van der Waals surface area contributed by atoms with Gasteiger partial charge < -0.3 is 4.57 Å². The van der Waals surface area contributed by atoms with Gasteiger partial charge in [-0.2, -0.15) is 0 Å². The third-order valence-electron chi connectivity index (χ3n) is 2.97. The van der Waals surface area contributed by atoms with Crippen molar-refractivity contribution in [3.05, 3.63) is 27.8 Å². The second-order valence-electron chi connectivity index (χ2n) is 6.03. The largest absolute Gasteiger partial charge is 0.325 e. The third-order valence-corrected chi connectivity index (χ3v) is 4.23. The highest BCUT2D eigenvalue weighted by Crippen LogP contribution is 2.34. The van der Waals surface area contributed by atoms with Crippen molar-refractivity contribution in [3.8, 4) is 11.5 Å². The van der Waals surface area contributed by atoms with Gasteiger partial charge in [-0.1, -0.05) is 32.4 Å². The van der Waals surface area contributed by atoms with Crippen molar-refractivity contribution in [3.63, 3.8) is 0 Å². The summed E-state index contributed by atoms with van der Waals surface area (Å²) in [6.07, 6.45) is 3.56. The van der Waals surface area contributed by atoms with Gasteiger partial charge in [-0.05, 0) is 29.8 Å². The quantitative estimate of drug-likeness (QED) is 0.736. The number of imidazole rings is 1. The zero-order chi connectivity index (χ0) is 15.1. The molecule has 0 aromatic carbocycles. The molecule has 2 aromatic rings. The van der Waals surface area contributed by atoms with Gasteiger partial charge in [0.25, 0.3) is 0 Å². The molecule has 0 aliphatic carbocycles. The molecule has 2 aromatic heterocycles. The lowest BCUT2D eigenvalue weighted by molar-refractivity contribution is 0.562. The Morgan fingerprint density at radius 1 is 1.25 bits per heavy atom. The van der Waals surface area contributed by atoms with E-state index in [0.717, 1.165) is 15.9 Å². The molecule has 0 N–H and O–H groups in total. The Balaban J connectivity index is 2.64. The Labute approximate surface area is 132 Å². The average Bonchev–Trinajstić information content (AvgIpc) is 2.80. The molecule has 0 aliphatic rings. The summed E-state index contributed by atoms with van der Waals surface area (Å²) in [5.41, 5.74) is 1.65. The number of rotatable bonds is 2. The third kappa shape index (κ3) is 2.88. The van der Waals surface area contributed by atoms with Gasteiger partial charge in [0, 0.05) is 11.5 Å². The number of aromatic nitrogens is 4. The van der Waals surface area contributed by atoms with Crippen molar-refractivity contribution in [2.75, 3.05) is 0 Å². The lowest BCUT2D eigenvalue weighted by Gasteiger charge is -2.21. The normalized spacial score (nSPS) is 12.2. The molecule has 6 heteroatoms. The number of halogens is 2. The van der Waals surface area contributed by atoms with Crippen molar-refractivity contribution in [2.45, 2.75) is 46.1 Å². The van der Waals surface area contributed by atoms with E-state index in [2.05, 4.69) is 65.5 Å². The molecule has 0 saturated heterocycles. The zero-order valence-electron chi connectivity index (χ0n) is 12.3. The molecule has 0 unspecified atom stereocenters. The van der Waals surface area contributed by atoms with E-state index in [4.69, 9.17) is 11.6 Å². The van der Waals surface area contributed by atoms with Crippen molar-refractivity contribution < 1.29 is 0 Å². The summed E-state index contributed by atoms with van der Waals surface area (Å²) in [4.78, 5) is 13.3. The first-order chi connectivity index (χ1) is 9.21. The monoisotopic (exact) mass is 356 g/mol. The summed E-state index contributed by atoms with van der Waals surface area (Å²) in [5.74, 6) is 0.606. The fourth-order valence-electron chi connectivity index (χ4n) is 1.92. The second kappa shape index (κ2) is 5.45. The van der Waals surface area contributed by atoms with Crippen LogP contribution in [-0.4, -0.2) is 19.5 Å². The maximum absolute atomic E-state index is 6.25. The van der Waals surface area contributed by atoms with Crippen LogP contribution in [0.15, 0.2) is 17.0 Å². The van der Waals surface area contributed by atoms with E-state index in [1.807, 2.05) is 4.57 Å². The van der Waals surface area contributed by atoms with Crippen LogP contribution in [0.25, 0.3) is 11.5 Å². The molecule has 2 heterocycles. The van der Waals surface area contributed by atoms with Crippen molar-refractivity contribution in [2.24, 2.45) is 0 Å². The molecule has 0 fully saturated rings. The molecule has 0 saturated carbocycles. The lowest BCUT2D eigenvalue weighted by atomic mass is 9.92. The summed E-state index contributed by atoms with van der Waals surface area (Å²) in [6.45, 7) is 10.5. The molecule has 20 heavy (non-hydrogen) atoms. The van der Waals surface area contributed by atoms with Crippen LogP contribution in [0.4, 0.5) is 0 Å². The smallest absolute Gasteiger partial charge is 0.179 e. The molecule has 2 rings (SSSR count). The Morgan fingerprint density at radius 2 is 1.90 bits per heavy atom. The van der Waals surface area contributed by atoms with Gasteiger partial charge in [0.15, 0.2) is 5.82 Å². The van der Waals surface area contributed by atoms with Gasteiger partial charge in [-0.15, -0.1) is 0 Å². The predicted molar refractivity (Wildman–Crippen MR) is 85.0 cm³/mol. The maximum Gasteiger partial charge on any atom is 0.179 e. The zero-order valence-corrected chi connectivity index (χ0v) is 14.6. The number of hydrogen-bond acceptors (Lipinski definition) is 3. The molecule has 0 bridgehead atoms. The molecule has 0 spiro atoms. The van der Waals surface area contributed by atoms with Crippen LogP contribution >= 0.6 is 27.5 Å². The van der Waals surface area contributed by atoms with Crippen LogP contribution in [0.2, 0.25) is 5.15 Å². The van der Waals surface area contributed by atoms with Gasteiger partial charge >= 0.3 is 0 Å². The minimum absolute atomic E-state index is 0.122. The summed E-state index contributed by atoms with van der Waals surface area (Å²) in [7, 11) is 0. The standard InChI is InChI=1S/C14H18BrClN4/c1-8(2)20-7-17-6-9(20)13-18-11(14(3,4)5)10(15)12(16)19-13/h6-8H,1-5H3. The van der Waals surface area contributed by atoms with Crippen molar-refractivity contribution in [1.29, 1.82) is 0 Å². The van der Waals surface area contributed by atoms with E-state index in [-0.39, 0.29) is 11.5 Å². The van der Waals surface area contributed by atoms with E-state index in [9.17, 15) is 0 Å². The summed E-state index contributed by atoms with van der Waals surface area (Å²) >= 11 is 9.73. The van der Waals surface area contributed by atoms with Crippen LogP contribution in [0, 0.1) is 0 Å². The maximum atomic E-state index is 6.25. The molecule has 0 aliphatic heterocycles. The first-order valence-electron chi connectivity index (χ1n) is 6.47. The van der Waals surface area contributed by atoms with E-state index in [1.165, 1.54) is 0 Å². The predicted octanol–water partition coefficient (Wildman–Crippen LogP) is 4.63. The number of nitrogens with zero attached hydrogens (tertiary/aromatic N) is 4. The minimum atomic E-state index is -0.122. The van der Waals surface area contributed by atoms with Crippen LogP contribution in [0.5, 0.6) is 0 Å². The van der Waals surface area contributed by atoms with Gasteiger partial charge in [-0.25, -0.2) is 15.0 Å². The summed E-state index contributed by atoms with van der Waals surface area (Å²) in [6, 6.07) is 0.289. The topological polar surface area (TPSA) is 43.6 Å². The summed E-state index contributed by atoms with van der Waals surface area (Å²) in [5, 5.41) is 0.427. The molecule has 108 valence electrons. The van der Waals surface area contributed by atoms with Gasteiger partial charge in [0.1, 0.15) is 10.8 Å². The van der Waals surface area contributed by atoms with Gasteiger partial charge in [0.2, 0.25) is 0 Å². The van der Waals surface area contributed by atoms with Crippen molar-refractivity contribution in [1.82, 2.24) is 19.5 Å². The van der Waals surface area contributed by atoms with E-state index < -0.39 is 0 Å². The van der Waals surface area contributed by atoms with E-state index in [1.54, 1.807) is 12.5 Å². The highest BCUT2D eigenvalue weighted by atomic mass is 79.9. The molecule has 0 amide bonds. The molecule has 0 atom stereocenters. The second-order valence-corrected chi connectivity index (χ2v) is 7.18. The fraction of sp³-hybridized carbons (Fsp3) is 0.500. The fourth-order valence-corrected chi connectivity index (χ4v) is 2.86. The minimum Gasteiger partial charge on any atom is -0.325 e. The first kappa shape index (κ1) is 15.4. The number of hydrogen-bond donors (Lipinski definition) is 0. The lowest BCUT2D eigenvalue weighted by Crippen LogP contribution is -2.16. The molecule has 0 radical (unpaired) electrons. The van der Waals surface area contributed by atoms with Crippen LogP contribution in [0.1, 0.15) is 46.4 Å². The Kier molecular flexibility index (Phi) is 4.21. The highest BCUT2D eigenvalue weighted by Gasteiger charge is 2.24. The highest BCUT2D eigenvalue weighted by molar-refractivity contribution is 9.10. The molecule has 4 nitrogen and oxygen atoms in total. The SMILES string of the molecule is CC(C)n1cncc1-c1nc(Cl)c(Br)c(C(C)(C)C)n1. The van der Waals surface area contributed by atoms with Crippen LogP contribution < -0.4 is 0 Å². The van der Waals surface area contributed by atoms with Crippen LogP contribution in [-0.2, 0) is 5.41 Å². The first-order valence-corrected chi connectivity index (χ1v) is 7.64. The van der Waals surface area contributed by atoms with Crippen LogP contribution in [0.3, 0.4) is 0 Å². The Morgan fingerprint density at radius 3 is 2.45 bits per heavy atom. The Bertz CT molecular complexity index is 629. The van der Waals surface area contributed by atoms with Gasteiger partial charge in [-0.3, -0.25) is 0 Å². The van der Waals surface area contributed by atoms with Gasteiger partial charge in [0.05, 0.1) is 22.7 Å². The molecular weight excluding hydrogens is 340 g/mol. The van der Waals surface area contributed by atoms with E-state index >= 15 is 0 Å². The summed E-state index contributed by atoms with van der Waals surface area (Å²) < 4.78 is 2.79.